The number of rotatable bonds is 1. The first-order valence-corrected chi connectivity index (χ1v) is 15.9. The van der Waals surface area contributed by atoms with Crippen molar-refractivity contribution in [2.24, 2.45) is 0 Å². The molecule has 0 nitrogen and oxygen atoms in total. The van der Waals surface area contributed by atoms with Crippen molar-refractivity contribution in [1.82, 2.24) is 0 Å². The van der Waals surface area contributed by atoms with Gasteiger partial charge in [0.15, 0.2) is 0 Å². The van der Waals surface area contributed by atoms with Gasteiger partial charge in [0.05, 0.1) is 9.75 Å². The Morgan fingerprint density at radius 2 is 1.19 bits per heavy atom. The largest absolute Gasteiger partial charge is 0.126 e. The van der Waals surface area contributed by atoms with Gasteiger partial charge in [-0.25, -0.2) is 0 Å². The third-order valence-electron chi connectivity index (χ3n) is 7.85. The molecule has 0 atom stereocenters. The Hall–Kier alpha value is -5.12. The van der Waals surface area contributed by atoms with Crippen LogP contribution in [0.4, 0.5) is 0 Å². The molecule has 0 aliphatic heterocycles. The number of benzene rings is 4. The maximum Gasteiger partial charge on any atom is 0.0779 e. The summed E-state index contributed by atoms with van der Waals surface area (Å²) >= 11 is 3.48. The molecule has 2 heteroatoms. The van der Waals surface area contributed by atoms with E-state index in [9.17, 15) is 0 Å². The molecule has 0 fully saturated rings. The molecule has 2 aliphatic rings. The van der Waals surface area contributed by atoms with Gasteiger partial charge in [-0.2, -0.15) is 0 Å². The number of fused-ring (bicyclic) bond motifs is 5. The summed E-state index contributed by atoms with van der Waals surface area (Å²) in [6, 6.07) is 36.5. The van der Waals surface area contributed by atoms with Crippen LogP contribution >= 0.6 is 22.7 Å². The zero-order valence-electron chi connectivity index (χ0n) is 23.2. The van der Waals surface area contributed by atoms with Crippen LogP contribution in [0.2, 0.25) is 0 Å². The van der Waals surface area contributed by atoms with E-state index in [1.165, 1.54) is 52.9 Å². The topological polar surface area (TPSA) is 0 Å². The fourth-order valence-corrected chi connectivity index (χ4v) is 7.61. The maximum atomic E-state index is 3.56. The average molecular weight is 581 g/mol. The van der Waals surface area contributed by atoms with E-state index in [-0.39, 0.29) is 0 Å². The lowest BCUT2D eigenvalue weighted by Gasteiger charge is -2.06. The second-order valence-electron chi connectivity index (χ2n) is 10.6. The summed E-state index contributed by atoms with van der Waals surface area (Å²) < 4.78 is 0. The quantitative estimate of drug-likeness (QED) is 0.135. The molecule has 0 saturated carbocycles. The van der Waals surface area contributed by atoms with Crippen LogP contribution < -0.4 is 10.4 Å². The molecule has 0 N–H and O–H groups in total. The molecular formula is C41H24S2. The van der Waals surface area contributed by atoms with Crippen molar-refractivity contribution in [3.05, 3.63) is 164 Å². The Labute approximate surface area is 259 Å². The second kappa shape index (κ2) is 10.9. The lowest BCUT2D eigenvalue weighted by Crippen LogP contribution is -2.25. The van der Waals surface area contributed by atoms with Crippen LogP contribution in [0.15, 0.2) is 139 Å². The molecule has 2 aromatic heterocycles. The summed E-state index contributed by atoms with van der Waals surface area (Å²) in [7, 11) is 0. The first-order chi connectivity index (χ1) is 21.3. The molecule has 8 rings (SSSR count). The monoisotopic (exact) mass is 580 g/mol. The fraction of sp³-hybridized carbons (Fsp3) is 0.0244. The SMILES string of the molecule is C(#Cc1ccc(-c2ccc(C#Cc3c4ccccc4cc4ccccc34)s2)s1)C1=c2ccccc2=CC2=CC=CC=C1C2. The lowest BCUT2D eigenvalue weighted by atomic mass is 9.97. The van der Waals surface area contributed by atoms with Gasteiger partial charge in [0, 0.05) is 20.9 Å². The van der Waals surface area contributed by atoms with Crippen molar-refractivity contribution in [1.29, 1.82) is 0 Å². The van der Waals surface area contributed by atoms with Crippen LogP contribution in [-0.2, 0) is 0 Å². The first-order valence-electron chi connectivity index (χ1n) is 14.3. The van der Waals surface area contributed by atoms with E-state index in [0.717, 1.165) is 27.3 Å². The minimum absolute atomic E-state index is 0.898. The summed E-state index contributed by atoms with van der Waals surface area (Å²) in [4.78, 5) is 4.57. The Balaban J connectivity index is 1.12. The molecule has 2 heterocycles. The third-order valence-corrected chi connectivity index (χ3v) is 10.1. The summed E-state index contributed by atoms with van der Waals surface area (Å²) in [6.07, 6.45) is 11.8. The molecule has 6 aromatic rings. The van der Waals surface area contributed by atoms with Crippen LogP contribution in [0.1, 0.15) is 21.7 Å². The van der Waals surface area contributed by atoms with E-state index in [1.54, 1.807) is 22.7 Å². The van der Waals surface area contributed by atoms with Crippen LogP contribution in [-0.4, -0.2) is 0 Å². The molecule has 0 amide bonds. The summed E-state index contributed by atoms with van der Waals surface area (Å²) in [5.74, 6) is 14.1. The highest BCUT2D eigenvalue weighted by Gasteiger charge is 2.12. The lowest BCUT2D eigenvalue weighted by molar-refractivity contribution is 1.26. The standard InChI is InChI=1S/C41H24S2/c1-2-10-30-26-28(9-1)25-29-11-3-6-14-35(29)38(30)21-17-33-19-23-40(42-33)41-24-20-34(43-41)18-22-39-36-15-7-4-12-31(36)27-32-13-5-8-16-37(32)39/h1-16,19-20,23-25,27H,26H2. The number of allylic oxidation sites excluding steroid dienone is 6. The highest BCUT2D eigenvalue weighted by atomic mass is 32.1. The highest BCUT2D eigenvalue weighted by Crippen LogP contribution is 2.34. The van der Waals surface area contributed by atoms with Gasteiger partial charge in [0.2, 0.25) is 0 Å². The molecule has 4 aromatic carbocycles. The zero-order valence-corrected chi connectivity index (χ0v) is 24.9. The molecule has 0 saturated heterocycles. The molecule has 0 spiro atoms. The smallest absolute Gasteiger partial charge is 0.0779 e. The van der Waals surface area contributed by atoms with E-state index in [4.69, 9.17) is 0 Å². The van der Waals surface area contributed by atoms with Crippen molar-refractivity contribution in [2.45, 2.75) is 6.42 Å². The fourth-order valence-electron chi connectivity index (χ4n) is 5.80. The van der Waals surface area contributed by atoms with Crippen molar-refractivity contribution < 1.29 is 0 Å². The van der Waals surface area contributed by atoms with Crippen molar-refractivity contribution in [3.63, 3.8) is 0 Å². The van der Waals surface area contributed by atoms with Crippen LogP contribution in [0.3, 0.4) is 0 Å². The second-order valence-corrected chi connectivity index (χ2v) is 12.8. The normalized spacial score (nSPS) is 13.4. The number of hydrogen-bond acceptors (Lipinski definition) is 2. The predicted molar refractivity (Wildman–Crippen MR) is 185 cm³/mol. The molecule has 2 aliphatic carbocycles. The van der Waals surface area contributed by atoms with Crippen LogP contribution in [0.5, 0.6) is 0 Å². The molecule has 43 heavy (non-hydrogen) atoms. The van der Waals surface area contributed by atoms with E-state index < -0.39 is 0 Å². The first kappa shape index (κ1) is 25.6. The van der Waals surface area contributed by atoms with E-state index in [1.807, 2.05) is 0 Å². The predicted octanol–water partition coefficient (Wildman–Crippen LogP) is 8.99. The van der Waals surface area contributed by atoms with Crippen molar-refractivity contribution >= 4 is 55.9 Å². The van der Waals surface area contributed by atoms with Crippen LogP contribution in [0.25, 0.3) is 42.9 Å². The van der Waals surface area contributed by atoms with Crippen molar-refractivity contribution in [3.8, 4) is 33.4 Å². The highest BCUT2D eigenvalue weighted by molar-refractivity contribution is 7.22. The molecule has 0 radical (unpaired) electrons. The zero-order chi connectivity index (χ0) is 28.6. The summed E-state index contributed by atoms with van der Waals surface area (Å²) in [5.41, 5.74) is 4.79. The summed E-state index contributed by atoms with van der Waals surface area (Å²) in [6.45, 7) is 0. The minimum Gasteiger partial charge on any atom is -0.126 e. The van der Waals surface area contributed by atoms with Gasteiger partial charge in [-0.05, 0) is 79.9 Å². The van der Waals surface area contributed by atoms with Gasteiger partial charge >= 0.3 is 0 Å². The van der Waals surface area contributed by atoms with Gasteiger partial charge < -0.3 is 0 Å². The molecule has 2 bridgehead atoms. The van der Waals surface area contributed by atoms with E-state index >= 15 is 0 Å². The number of thiophene rings is 2. The maximum absolute atomic E-state index is 3.56. The minimum atomic E-state index is 0.898. The molecular weight excluding hydrogens is 557 g/mol. The Bertz CT molecular complexity index is 2380. The third kappa shape index (κ3) is 4.98. The Morgan fingerprint density at radius 3 is 1.93 bits per heavy atom. The average Bonchev–Trinajstić information content (AvgIpc) is 3.62. The van der Waals surface area contributed by atoms with Gasteiger partial charge in [0.25, 0.3) is 0 Å². The van der Waals surface area contributed by atoms with E-state index in [0.29, 0.717) is 0 Å². The van der Waals surface area contributed by atoms with E-state index in [2.05, 4.69) is 157 Å². The Morgan fingerprint density at radius 1 is 0.558 bits per heavy atom. The van der Waals surface area contributed by atoms with Gasteiger partial charge in [-0.3, -0.25) is 0 Å². The Kier molecular flexibility index (Phi) is 6.51. The molecule has 0 unspecified atom stereocenters. The van der Waals surface area contributed by atoms with Crippen molar-refractivity contribution in [2.75, 3.05) is 0 Å². The molecule has 200 valence electrons. The van der Waals surface area contributed by atoms with Crippen LogP contribution in [0, 0.1) is 23.7 Å². The summed E-state index contributed by atoms with van der Waals surface area (Å²) in [5, 5.41) is 7.27. The van der Waals surface area contributed by atoms with Gasteiger partial charge in [0.1, 0.15) is 0 Å². The number of hydrogen-bond donors (Lipinski definition) is 0. The van der Waals surface area contributed by atoms with Gasteiger partial charge in [-0.1, -0.05) is 127 Å². The van der Waals surface area contributed by atoms with Gasteiger partial charge in [-0.15, -0.1) is 22.7 Å².